The number of para-hydroxylation sites is 1. The molecule has 5 nitrogen and oxygen atoms in total. The van der Waals surface area contributed by atoms with E-state index in [0.717, 1.165) is 0 Å². The van der Waals surface area contributed by atoms with Crippen LogP contribution in [0.25, 0.3) is 0 Å². The lowest BCUT2D eigenvalue weighted by molar-refractivity contribution is -0.467. The maximum absolute atomic E-state index is 5.72. The highest BCUT2D eigenvalue weighted by Crippen LogP contribution is 2.30. The maximum atomic E-state index is 5.72. The standard InChI is InChI=1S/C14H21O5/c1-5-16-14(17-6-2,18-7-3)19-13-11-9-8-10-12(13)15-4/h8-9,11H,5-7H2,1-4H3. The summed E-state index contributed by atoms with van der Waals surface area (Å²) in [5, 5.41) is 0. The lowest BCUT2D eigenvalue weighted by atomic mass is 10.3. The topological polar surface area (TPSA) is 46.2 Å². The molecule has 0 aliphatic carbocycles. The molecule has 5 heteroatoms. The molecule has 19 heavy (non-hydrogen) atoms. The number of methoxy groups -OCH3 is 1. The van der Waals surface area contributed by atoms with Crippen molar-refractivity contribution in [2.45, 2.75) is 26.9 Å². The quantitative estimate of drug-likeness (QED) is 0.645. The Bertz CT molecular complexity index is 350. The second-order valence-electron chi connectivity index (χ2n) is 3.47. The highest BCUT2D eigenvalue weighted by molar-refractivity contribution is 5.38. The zero-order valence-electron chi connectivity index (χ0n) is 11.9. The van der Waals surface area contributed by atoms with E-state index in [2.05, 4.69) is 6.07 Å². The van der Waals surface area contributed by atoms with Crippen molar-refractivity contribution >= 4 is 0 Å². The lowest BCUT2D eigenvalue weighted by Gasteiger charge is -2.31. The van der Waals surface area contributed by atoms with E-state index in [4.69, 9.17) is 23.7 Å². The highest BCUT2D eigenvalue weighted by atomic mass is 17.0. The third-order valence-corrected chi connectivity index (χ3v) is 2.18. The number of hydrogen-bond acceptors (Lipinski definition) is 5. The molecule has 0 aliphatic rings. The molecule has 1 aromatic carbocycles. The van der Waals surface area contributed by atoms with E-state index in [1.807, 2.05) is 20.8 Å². The summed E-state index contributed by atoms with van der Waals surface area (Å²) in [7, 11) is 1.54. The van der Waals surface area contributed by atoms with Crippen molar-refractivity contribution in [2.75, 3.05) is 26.9 Å². The van der Waals surface area contributed by atoms with Crippen LogP contribution < -0.4 is 9.47 Å². The lowest BCUT2D eigenvalue weighted by Crippen LogP contribution is -2.45. The van der Waals surface area contributed by atoms with Crippen molar-refractivity contribution in [3.63, 3.8) is 0 Å². The maximum Gasteiger partial charge on any atom is 0.461 e. The molecule has 0 N–H and O–H groups in total. The molecule has 1 aromatic rings. The fourth-order valence-corrected chi connectivity index (χ4v) is 1.52. The molecule has 0 atom stereocenters. The molecule has 0 fully saturated rings. The third kappa shape index (κ3) is 4.38. The molecule has 1 rings (SSSR count). The minimum Gasteiger partial charge on any atom is -0.492 e. The van der Waals surface area contributed by atoms with Gasteiger partial charge in [0.05, 0.1) is 26.9 Å². The monoisotopic (exact) mass is 269 g/mol. The molecule has 0 heterocycles. The summed E-state index contributed by atoms with van der Waals surface area (Å²) >= 11 is 0. The van der Waals surface area contributed by atoms with Gasteiger partial charge in [0.1, 0.15) is 0 Å². The largest absolute Gasteiger partial charge is 0.492 e. The molecule has 0 spiro atoms. The predicted octanol–water partition coefficient (Wildman–Crippen LogP) is 2.59. The van der Waals surface area contributed by atoms with Gasteiger partial charge in [0.15, 0.2) is 11.5 Å². The molecular weight excluding hydrogens is 248 g/mol. The molecule has 0 bridgehead atoms. The van der Waals surface area contributed by atoms with Gasteiger partial charge in [-0.05, 0) is 26.8 Å². The summed E-state index contributed by atoms with van der Waals surface area (Å²) in [6.07, 6.45) is -1.55. The Balaban J connectivity index is 2.97. The Morgan fingerprint density at radius 3 is 2.11 bits per heavy atom. The van der Waals surface area contributed by atoms with Gasteiger partial charge in [-0.15, -0.1) is 0 Å². The number of benzene rings is 1. The SMILES string of the molecule is CCOC(OCC)(OCC)Oc1ccc[c]c1OC. The first kappa shape index (κ1) is 15.8. The van der Waals surface area contributed by atoms with Gasteiger partial charge in [-0.3, -0.25) is 14.2 Å². The van der Waals surface area contributed by atoms with Crippen molar-refractivity contribution in [2.24, 2.45) is 0 Å². The van der Waals surface area contributed by atoms with Crippen molar-refractivity contribution < 1.29 is 23.7 Å². The minimum absolute atomic E-state index is 0.388. The molecule has 0 saturated heterocycles. The summed E-state index contributed by atoms with van der Waals surface area (Å²) in [5.41, 5.74) is 0. The Hall–Kier alpha value is -1.30. The Morgan fingerprint density at radius 1 is 1.05 bits per heavy atom. The van der Waals surface area contributed by atoms with Crippen LogP contribution in [0.15, 0.2) is 18.2 Å². The normalized spacial score (nSPS) is 11.4. The van der Waals surface area contributed by atoms with Crippen molar-refractivity contribution in [1.82, 2.24) is 0 Å². The zero-order chi connectivity index (χ0) is 14.1. The van der Waals surface area contributed by atoms with Crippen molar-refractivity contribution in [1.29, 1.82) is 0 Å². The second-order valence-corrected chi connectivity index (χ2v) is 3.47. The van der Waals surface area contributed by atoms with E-state index >= 15 is 0 Å². The number of rotatable bonds is 9. The van der Waals surface area contributed by atoms with Gasteiger partial charge in [-0.1, -0.05) is 12.1 Å². The summed E-state index contributed by atoms with van der Waals surface area (Å²) in [4.78, 5) is 0. The third-order valence-electron chi connectivity index (χ3n) is 2.18. The van der Waals surface area contributed by atoms with Gasteiger partial charge in [0.25, 0.3) is 0 Å². The van der Waals surface area contributed by atoms with E-state index in [0.29, 0.717) is 31.3 Å². The first-order valence-corrected chi connectivity index (χ1v) is 6.36. The van der Waals surface area contributed by atoms with E-state index in [9.17, 15) is 0 Å². The number of ether oxygens (including phenoxy) is 5. The number of hydrogen-bond donors (Lipinski definition) is 0. The van der Waals surface area contributed by atoms with E-state index in [1.54, 1.807) is 25.3 Å². The minimum atomic E-state index is -1.55. The van der Waals surface area contributed by atoms with Crippen LogP contribution in [0.4, 0.5) is 0 Å². The summed E-state index contributed by atoms with van der Waals surface area (Å²) in [6.45, 7) is 6.68. The van der Waals surface area contributed by atoms with Crippen molar-refractivity contribution in [3.8, 4) is 11.5 Å². The molecule has 0 amide bonds. The molecule has 0 unspecified atom stereocenters. The van der Waals surface area contributed by atoms with E-state index in [-0.39, 0.29) is 0 Å². The molecule has 107 valence electrons. The van der Waals surface area contributed by atoms with E-state index in [1.165, 1.54) is 0 Å². The van der Waals surface area contributed by atoms with Gasteiger partial charge in [0, 0.05) is 6.07 Å². The summed E-state index contributed by atoms with van der Waals surface area (Å²) in [5.74, 6) is 0.909. The van der Waals surface area contributed by atoms with Gasteiger partial charge < -0.3 is 9.47 Å². The smallest absolute Gasteiger partial charge is 0.461 e. The van der Waals surface area contributed by atoms with Crippen LogP contribution in [0.3, 0.4) is 0 Å². The molecule has 0 aromatic heterocycles. The summed E-state index contributed by atoms with van der Waals surface area (Å²) in [6, 6.07) is 8.17. The first-order chi connectivity index (χ1) is 9.21. The second kappa shape index (κ2) is 7.99. The van der Waals surface area contributed by atoms with Gasteiger partial charge in [0.2, 0.25) is 0 Å². The Labute approximate surface area is 114 Å². The van der Waals surface area contributed by atoms with Gasteiger partial charge in [-0.25, -0.2) is 0 Å². The molecular formula is C14H21O5. The van der Waals surface area contributed by atoms with E-state index < -0.39 is 6.16 Å². The van der Waals surface area contributed by atoms with Crippen LogP contribution in [0.1, 0.15) is 20.8 Å². The Morgan fingerprint density at radius 2 is 1.63 bits per heavy atom. The van der Waals surface area contributed by atoms with Crippen LogP contribution in [0.2, 0.25) is 0 Å². The molecule has 0 saturated carbocycles. The predicted molar refractivity (Wildman–Crippen MR) is 70.1 cm³/mol. The van der Waals surface area contributed by atoms with Crippen LogP contribution in [0, 0.1) is 6.07 Å². The van der Waals surface area contributed by atoms with Gasteiger partial charge in [-0.2, -0.15) is 0 Å². The fourth-order valence-electron chi connectivity index (χ4n) is 1.52. The van der Waals surface area contributed by atoms with Crippen LogP contribution >= 0.6 is 0 Å². The average Bonchev–Trinajstić information content (AvgIpc) is 2.40. The zero-order valence-corrected chi connectivity index (χ0v) is 11.9. The molecule has 1 radical (unpaired) electrons. The summed E-state index contributed by atoms with van der Waals surface area (Å²) < 4.78 is 27.3. The van der Waals surface area contributed by atoms with Crippen LogP contribution in [-0.4, -0.2) is 33.1 Å². The Kier molecular flexibility index (Phi) is 6.62. The van der Waals surface area contributed by atoms with Gasteiger partial charge >= 0.3 is 6.16 Å². The first-order valence-electron chi connectivity index (χ1n) is 6.36. The molecule has 0 aliphatic heterocycles. The average molecular weight is 269 g/mol. The van der Waals surface area contributed by atoms with Crippen LogP contribution in [0.5, 0.6) is 11.5 Å². The fraction of sp³-hybridized carbons (Fsp3) is 0.571. The highest BCUT2D eigenvalue weighted by Gasteiger charge is 2.37. The van der Waals surface area contributed by atoms with Crippen molar-refractivity contribution in [3.05, 3.63) is 24.3 Å². The van der Waals surface area contributed by atoms with Crippen LogP contribution in [-0.2, 0) is 14.2 Å².